The van der Waals surface area contributed by atoms with Crippen molar-refractivity contribution in [3.63, 3.8) is 0 Å². The Hall–Kier alpha value is -2.30. The lowest BCUT2D eigenvalue weighted by Crippen LogP contribution is -2.34. The summed E-state index contributed by atoms with van der Waals surface area (Å²) < 4.78 is 0. The van der Waals surface area contributed by atoms with E-state index in [1.54, 1.807) is 17.0 Å². The fourth-order valence-corrected chi connectivity index (χ4v) is 3.07. The van der Waals surface area contributed by atoms with Gasteiger partial charge >= 0.3 is 0 Å². The molecule has 4 nitrogen and oxygen atoms in total. The Labute approximate surface area is 152 Å². The minimum atomic E-state index is -0.0631. The number of aromatic amines is 1. The number of H-pyrrole nitrogens is 1. The van der Waals surface area contributed by atoms with Gasteiger partial charge < -0.3 is 15.0 Å². The van der Waals surface area contributed by atoms with Gasteiger partial charge in [-0.15, -0.1) is 0 Å². The molecule has 0 aliphatic heterocycles. The van der Waals surface area contributed by atoms with Gasteiger partial charge in [0, 0.05) is 35.2 Å². The molecule has 3 aromatic rings. The third-order valence-electron chi connectivity index (χ3n) is 4.27. The van der Waals surface area contributed by atoms with Crippen LogP contribution < -0.4 is 0 Å². The molecule has 0 saturated carbocycles. The summed E-state index contributed by atoms with van der Waals surface area (Å²) in [5.74, 6) is -0.00882. The predicted octanol–water partition coefficient (Wildman–Crippen LogP) is 3.69. The van der Waals surface area contributed by atoms with Gasteiger partial charge in [-0.1, -0.05) is 35.9 Å². The van der Waals surface area contributed by atoms with Gasteiger partial charge in [0.2, 0.25) is 5.91 Å². The molecule has 130 valence electrons. The molecule has 0 saturated heterocycles. The van der Waals surface area contributed by atoms with Crippen LogP contribution in [0, 0.1) is 6.92 Å². The third-order valence-corrected chi connectivity index (χ3v) is 4.53. The number of carbonyl (C=O) groups excluding carboxylic acids is 1. The zero-order valence-electron chi connectivity index (χ0n) is 14.1. The SMILES string of the molecule is Cc1ccc2c(CC(=O)N(CCO)Cc3ccc(Cl)cc3)c[nH]c2c1. The van der Waals surface area contributed by atoms with E-state index in [4.69, 9.17) is 11.6 Å². The maximum absolute atomic E-state index is 12.8. The molecule has 0 radical (unpaired) electrons. The Bertz CT molecular complexity index is 871. The number of hydrogen-bond acceptors (Lipinski definition) is 2. The van der Waals surface area contributed by atoms with Gasteiger partial charge in [-0.05, 0) is 41.8 Å². The summed E-state index contributed by atoms with van der Waals surface area (Å²) in [5, 5.41) is 11.0. The summed E-state index contributed by atoms with van der Waals surface area (Å²) >= 11 is 5.91. The summed E-state index contributed by atoms with van der Waals surface area (Å²) in [4.78, 5) is 17.7. The van der Waals surface area contributed by atoms with Gasteiger partial charge in [-0.25, -0.2) is 0 Å². The molecule has 0 unspecified atom stereocenters. The van der Waals surface area contributed by atoms with Crippen LogP contribution in [0.4, 0.5) is 0 Å². The Morgan fingerprint density at radius 3 is 2.68 bits per heavy atom. The summed E-state index contributed by atoms with van der Waals surface area (Å²) in [7, 11) is 0. The van der Waals surface area contributed by atoms with Crippen molar-refractivity contribution in [1.29, 1.82) is 0 Å². The molecule has 2 N–H and O–H groups in total. The van der Waals surface area contributed by atoms with Gasteiger partial charge in [-0.3, -0.25) is 4.79 Å². The minimum Gasteiger partial charge on any atom is -0.395 e. The highest BCUT2D eigenvalue weighted by Gasteiger charge is 2.16. The molecule has 0 bridgehead atoms. The molecule has 0 spiro atoms. The van der Waals surface area contributed by atoms with E-state index in [2.05, 4.69) is 11.1 Å². The van der Waals surface area contributed by atoms with E-state index >= 15 is 0 Å². The van der Waals surface area contributed by atoms with E-state index in [-0.39, 0.29) is 12.5 Å². The maximum Gasteiger partial charge on any atom is 0.227 e. The number of aryl methyl sites for hydroxylation is 1. The summed E-state index contributed by atoms with van der Waals surface area (Å²) in [5.41, 5.74) is 4.17. The fourth-order valence-electron chi connectivity index (χ4n) is 2.94. The quantitative estimate of drug-likeness (QED) is 0.707. The zero-order valence-corrected chi connectivity index (χ0v) is 14.9. The van der Waals surface area contributed by atoms with Crippen molar-refractivity contribution in [1.82, 2.24) is 9.88 Å². The van der Waals surface area contributed by atoms with E-state index in [0.29, 0.717) is 24.5 Å². The fraction of sp³-hybridized carbons (Fsp3) is 0.250. The average molecular weight is 357 g/mol. The number of halogens is 1. The van der Waals surface area contributed by atoms with Crippen LogP contribution in [0.25, 0.3) is 10.9 Å². The number of nitrogens with zero attached hydrogens (tertiary/aromatic N) is 1. The molecule has 0 aliphatic rings. The van der Waals surface area contributed by atoms with Crippen molar-refractivity contribution < 1.29 is 9.90 Å². The Balaban J connectivity index is 1.76. The molecule has 0 aliphatic carbocycles. The van der Waals surface area contributed by atoms with Crippen LogP contribution in [0.1, 0.15) is 16.7 Å². The molecule has 1 heterocycles. The molecule has 0 fully saturated rings. The largest absolute Gasteiger partial charge is 0.395 e. The van der Waals surface area contributed by atoms with Crippen LogP contribution in [0.5, 0.6) is 0 Å². The Morgan fingerprint density at radius 2 is 1.96 bits per heavy atom. The second-order valence-corrected chi connectivity index (χ2v) is 6.64. The van der Waals surface area contributed by atoms with E-state index in [1.807, 2.05) is 37.4 Å². The molecule has 1 aromatic heterocycles. The maximum atomic E-state index is 12.8. The highest BCUT2D eigenvalue weighted by atomic mass is 35.5. The van der Waals surface area contributed by atoms with Crippen LogP contribution in [0.15, 0.2) is 48.7 Å². The van der Waals surface area contributed by atoms with Crippen molar-refractivity contribution in [2.45, 2.75) is 19.9 Å². The average Bonchev–Trinajstić information content (AvgIpc) is 2.98. The lowest BCUT2D eigenvalue weighted by molar-refractivity contribution is -0.131. The van der Waals surface area contributed by atoms with Crippen molar-refractivity contribution in [3.8, 4) is 0 Å². The van der Waals surface area contributed by atoms with Crippen LogP contribution in [0.2, 0.25) is 5.02 Å². The number of nitrogens with one attached hydrogen (secondary N) is 1. The molecular weight excluding hydrogens is 336 g/mol. The van der Waals surface area contributed by atoms with Gasteiger partial charge in [0.05, 0.1) is 13.0 Å². The summed E-state index contributed by atoms with van der Waals surface area (Å²) in [6.45, 7) is 2.74. The third kappa shape index (κ3) is 4.21. The topological polar surface area (TPSA) is 56.3 Å². The van der Waals surface area contributed by atoms with Gasteiger partial charge in [0.25, 0.3) is 0 Å². The number of benzene rings is 2. The van der Waals surface area contributed by atoms with Crippen molar-refractivity contribution >= 4 is 28.4 Å². The van der Waals surface area contributed by atoms with E-state index in [0.717, 1.165) is 22.0 Å². The molecule has 1 amide bonds. The standard InChI is InChI=1S/C20H21ClN2O2/c1-14-2-7-18-16(12-22-19(18)10-14)11-20(25)23(8-9-24)13-15-3-5-17(21)6-4-15/h2-7,10,12,22,24H,8-9,11,13H2,1H3. The van der Waals surface area contributed by atoms with Gasteiger partial charge in [0.1, 0.15) is 0 Å². The second-order valence-electron chi connectivity index (χ2n) is 6.21. The molecule has 0 atom stereocenters. The Kier molecular flexibility index (Phi) is 5.41. The number of carbonyl (C=O) groups is 1. The second kappa shape index (κ2) is 7.72. The summed E-state index contributed by atoms with van der Waals surface area (Å²) in [6.07, 6.45) is 2.19. The normalized spacial score (nSPS) is 11.0. The predicted molar refractivity (Wildman–Crippen MR) is 101 cm³/mol. The first kappa shape index (κ1) is 17.5. The Morgan fingerprint density at radius 1 is 1.20 bits per heavy atom. The monoisotopic (exact) mass is 356 g/mol. The van der Waals surface area contributed by atoms with Gasteiger partial charge in [-0.2, -0.15) is 0 Å². The number of hydrogen-bond donors (Lipinski definition) is 2. The smallest absolute Gasteiger partial charge is 0.227 e. The van der Waals surface area contributed by atoms with Crippen LogP contribution in [-0.2, 0) is 17.8 Å². The van der Waals surface area contributed by atoms with Crippen LogP contribution >= 0.6 is 11.6 Å². The van der Waals surface area contributed by atoms with E-state index in [9.17, 15) is 9.90 Å². The highest BCUT2D eigenvalue weighted by molar-refractivity contribution is 6.30. The first-order valence-corrected chi connectivity index (χ1v) is 8.64. The lowest BCUT2D eigenvalue weighted by atomic mass is 10.1. The van der Waals surface area contributed by atoms with Crippen molar-refractivity contribution in [2.75, 3.05) is 13.2 Å². The summed E-state index contributed by atoms with van der Waals surface area (Å²) in [6, 6.07) is 13.6. The molecule has 25 heavy (non-hydrogen) atoms. The number of aliphatic hydroxyl groups excluding tert-OH is 1. The lowest BCUT2D eigenvalue weighted by Gasteiger charge is -2.22. The molecule has 3 rings (SSSR count). The molecule has 2 aromatic carbocycles. The van der Waals surface area contributed by atoms with Gasteiger partial charge in [0.15, 0.2) is 0 Å². The first-order valence-electron chi connectivity index (χ1n) is 8.26. The van der Waals surface area contributed by atoms with E-state index < -0.39 is 0 Å². The van der Waals surface area contributed by atoms with Crippen molar-refractivity contribution in [3.05, 3.63) is 70.4 Å². The van der Waals surface area contributed by atoms with Crippen molar-refractivity contribution in [2.24, 2.45) is 0 Å². The number of amides is 1. The number of rotatable bonds is 6. The zero-order chi connectivity index (χ0) is 17.8. The van der Waals surface area contributed by atoms with Crippen LogP contribution in [0.3, 0.4) is 0 Å². The number of fused-ring (bicyclic) bond motifs is 1. The van der Waals surface area contributed by atoms with Crippen LogP contribution in [-0.4, -0.2) is 34.0 Å². The van der Waals surface area contributed by atoms with E-state index in [1.165, 1.54) is 5.56 Å². The number of aromatic nitrogens is 1. The molecule has 5 heteroatoms. The minimum absolute atomic E-state index is 0.00882. The number of aliphatic hydroxyl groups is 1. The first-order chi connectivity index (χ1) is 12.1. The highest BCUT2D eigenvalue weighted by Crippen LogP contribution is 2.21. The molecular formula is C20H21ClN2O2.